The van der Waals surface area contributed by atoms with Crippen molar-refractivity contribution in [2.45, 2.75) is 0 Å². The van der Waals surface area contributed by atoms with E-state index in [4.69, 9.17) is 4.74 Å². The highest BCUT2D eigenvalue weighted by atomic mass is 79.9. The molecule has 3 aromatic carbocycles. The van der Waals surface area contributed by atoms with Crippen LogP contribution in [0.25, 0.3) is 0 Å². The van der Waals surface area contributed by atoms with Crippen LogP contribution in [0, 0.1) is 0 Å². The highest BCUT2D eigenvalue weighted by Gasteiger charge is 2.14. The van der Waals surface area contributed by atoms with Crippen LogP contribution in [0.3, 0.4) is 0 Å². The molecular formula is C24H19BrN2O3. The first-order valence-electron chi connectivity index (χ1n) is 9.13. The molecule has 0 aliphatic heterocycles. The van der Waals surface area contributed by atoms with Crippen molar-refractivity contribution in [3.63, 3.8) is 0 Å². The molecule has 150 valence electrons. The fourth-order valence-electron chi connectivity index (χ4n) is 2.68. The van der Waals surface area contributed by atoms with E-state index in [-0.39, 0.29) is 11.5 Å². The number of hydrogen-bond acceptors (Lipinski definition) is 5. The van der Waals surface area contributed by atoms with Crippen LogP contribution in [0.15, 0.2) is 106 Å². The van der Waals surface area contributed by atoms with E-state index < -0.39 is 5.97 Å². The molecule has 30 heavy (non-hydrogen) atoms. The molecule has 0 radical (unpaired) electrons. The van der Waals surface area contributed by atoms with Crippen LogP contribution in [-0.4, -0.2) is 24.6 Å². The molecule has 0 heterocycles. The van der Waals surface area contributed by atoms with Crippen LogP contribution in [0.4, 0.5) is 0 Å². The van der Waals surface area contributed by atoms with Gasteiger partial charge in [-0.2, -0.15) is 5.10 Å². The van der Waals surface area contributed by atoms with Crippen molar-refractivity contribution in [3.05, 3.63) is 118 Å². The second kappa shape index (κ2) is 10.3. The first-order chi connectivity index (χ1) is 14.6. The number of ether oxygens (including phenoxy) is 1. The summed E-state index contributed by atoms with van der Waals surface area (Å²) in [7, 11) is 1.25. The van der Waals surface area contributed by atoms with E-state index in [2.05, 4.69) is 26.5 Å². The van der Waals surface area contributed by atoms with Gasteiger partial charge in [0.25, 0.3) is 0 Å². The highest BCUT2D eigenvalue weighted by Crippen LogP contribution is 2.13. The Hall–Kier alpha value is -3.51. The predicted octanol–water partition coefficient (Wildman–Crippen LogP) is 4.73. The lowest BCUT2D eigenvalue weighted by atomic mass is 10.0. The first-order valence-corrected chi connectivity index (χ1v) is 9.92. The number of methoxy groups -OCH3 is 1. The fraction of sp³-hybridized carbons (Fsp3) is 0.0417. The molecule has 0 amide bonds. The van der Waals surface area contributed by atoms with Crippen molar-refractivity contribution in [1.29, 1.82) is 0 Å². The maximum absolute atomic E-state index is 12.6. The monoisotopic (exact) mass is 462 g/mol. The average molecular weight is 463 g/mol. The quantitative estimate of drug-likeness (QED) is 0.181. The Morgan fingerprint density at radius 2 is 1.37 bits per heavy atom. The van der Waals surface area contributed by atoms with E-state index >= 15 is 0 Å². The van der Waals surface area contributed by atoms with Crippen molar-refractivity contribution < 1.29 is 14.3 Å². The lowest BCUT2D eigenvalue weighted by molar-refractivity contribution is -0.136. The average Bonchev–Trinajstić information content (AvgIpc) is 2.79. The molecule has 3 aromatic rings. The molecule has 0 bridgehead atoms. The standard InChI is InChI=1S/C24H19BrN2O3/c1-30-24(29)21(16-22(28)17-12-14-20(25)15-13-17)26-27-23(18-8-4-2-5-9-18)19-10-6-3-7-11-19/h2-16,26H,1H3/b21-16+. The molecule has 3 rings (SSSR count). The van der Waals surface area contributed by atoms with Gasteiger partial charge < -0.3 is 4.74 Å². The van der Waals surface area contributed by atoms with E-state index in [1.54, 1.807) is 24.3 Å². The minimum Gasteiger partial charge on any atom is -0.464 e. The third kappa shape index (κ3) is 5.52. The van der Waals surface area contributed by atoms with Crippen molar-refractivity contribution >= 4 is 33.4 Å². The molecule has 5 nitrogen and oxygen atoms in total. The second-order valence-electron chi connectivity index (χ2n) is 6.23. The lowest BCUT2D eigenvalue weighted by Gasteiger charge is -2.10. The summed E-state index contributed by atoms with van der Waals surface area (Å²) in [5.41, 5.74) is 5.45. The number of benzene rings is 3. The Labute approximate surface area is 183 Å². The van der Waals surface area contributed by atoms with Crippen molar-refractivity contribution in [3.8, 4) is 0 Å². The Bertz CT molecular complexity index is 1030. The molecular weight excluding hydrogens is 444 g/mol. The topological polar surface area (TPSA) is 67.8 Å². The third-order valence-electron chi connectivity index (χ3n) is 4.19. The largest absolute Gasteiger partial charge is 0.464 e. The summed E-state index contributed by atoms with van der Waals surface area (Å²) in [6, 6.07) is 26.0. The maximum Gasteiger partial charge on any atom is 0.356 e. The van der Waals surface area contributed by atoms with Crippen LogP contribution in [0.2, 0.25) is 0 Å². The number of ketones is 1. The van der Waals surface area contributed by atoms with E-state index in [1.807, 2.05) is 60.7 Å². The molecule has 0 atom stereocenters. The van der Waals surface area contributed by atoms with E-state index in [0.717, 1.165) is 15.6 Å². The van der Waals surface area contributed by atoms with Gasteiger partial charge in [0.05, 0.1) is 12.8 Å². The van der Waals surface area contributed by atoms with E-state index in [0.29, 0.717) is 11.3 Å². The van der Waals surface area contributed by atoms with Gasteiger partial charge >= 0.3 is 5.97 Å². The summed E-state index contributed by atoms with van der Waals surface area (Å²) in [6.07, 6.45) is 1.19. The maximum atomic E-state index is 12.6. The van der Waals surface area contributed by atoms with Gasteiger partial charge in [-0.05, 0) is 24.3 Å². The Morgan fingerprint density at radius 3 is 1.87 bits per heavy atom. The summed E-state index contributed by atoms with van der Waals surface area (Å²) in [5.74, 6) is -1.03. The fourth-order valence-corrected chi connectivity index (χ4v) is 2.94. The Kier molecular flexibility index (Phi) is 7.29. The third-order valence-corrected chi connectivity index (χ3v) is 4.72. The molecule has 6 heteroatoms. The van der Waals surface area contributed by atoms with Gasteiger partial charge in [0, 0.05) is 27.2 Å². The van der Waals surface area contributed by atoms with Gasteiger partial charge in [-0.15, -0.1) is 0 Å². The van der Waals surface area contributed by atoms with E-state index in [1.165, 1.54) is 13.2 Å². The van der Waals surface area contributed by atoms with Crippen molar-refractivity contribution in [2.75, 3.05) is 7.11 Å². The number of carbonyl (C=O) groups excluding carboxylic acids is 2. The van der Waals surface area contributed by atoms with Crippen LogP contribution in [0.1, 0.15) is 21.5 Å². The zero-order valence-electron chi connectivity index (χ0n) is 16.2. The van der Waals surface area contributed by atoms with Crippen LogP contribution in [-0.2, 0) is 9.53 Å². The summed E-state index contributed by atoms with van der Waals surface area (Å²) in [6.45, 7) is 0. The van der Waals surface area contributed by atoms with Gasteiger partial charge in [0.15, 0.2) is 5.78 Å². The molecule has 0 fully saturated rings. The van der Waals surface area contributed by atoms with Gasteiger partial charge in [-0.3, -0.25) is 10.2 Å². The second-order valence-corrected chi connectivity index (χ2v) is 7.14. The smallest absolute Gasteiger partial charge is 0.356 e. The van der Waals surface area contributed by atoms with Gasteiger partial charge in [-0.1, -0.05) is 76.6 Å². The van der Waals surface area contributed by atoms with Crippen molar-refractivity contribution in [2.24, 2.45) is 5.10 Å². The lowest BCUT2D eigenvalue weighted by Crippen LogP contribution is -2.21. The number of rotatable bonds is 7. The van der Waals surface area contributed by atoms with Crippen LogP contribution < -0.4 is 5.43 Å². The first kappa shape index (κ1) is 21.2. The van der Waals surface area contributed by atoms with Crippen LogP contribution >= 0.6 is 15.9 Å². The predicted molar refractivity (Wildman–Crippen MR) is 120 cm³/mol. The number of carbonyl (C=O) groups is 2. The van der Waals surface area contributed by atoms with Gasteiger partial charge in [0.1, 0.15) is 5.70 Å². The minimum atomic E-state index is -0.690. The van der Waals surface area contributed by atoms with E-state index in [9.17, 15) is 9.59 Å². The molecule has 0 spiro atoms. The molecule has 0 aliphatic rings. The van der Waals surface area contributed by atoms with Crippen LogP contribution in [0.5, 0.6) is 0 Å². The zero-order chi connectivity index (χ0) is 21.3. The number of nitrogens with zero attached hydrogens (tertiary/aromatic N) is 1. The Balaban J connectivity index is 1.96. The summed E-state index contributed by atoms with van der Waals surface area (Å²) in [4.78, 5) is 24.8. The van der Waals surface area contributed by atoms with Gasteiger partial charge in [-0.25, -0.2) is 4.79 Å². The SMILES string of the molecule is COC(=O)/C(=C\C(=O)c1ccc(Br)cc1)NN=C(c1ccccc1)c1ccccc1. The summed E-state index contributed by atoms with van der Waals surface area (Å²) < 4.78 is 5.67. The number of allylic oxidation sites excluding steroid dienone is 1. The molecule has 0 aliphatic carbocycles. The molecule has 0 aromatic heterocycles. The van der Waals surface area contributed by atoms with Crippen molar-refractivity contribution in [1.82, 2.24) is 5.43 Å². The summed E-state index contributed by atoms with van der Waals surface area (Å²) >= 11 is 3.33. The number of esters is 1. The highest BCUT2D eigenvalue weighted by molar-refractivity contribution is 9.10. The van der Waals surface area contributed by atoms with Gasteiger partial charge in [0.2, 0.25) is 0 Å². The Morgan fingerprint density at radius 1 is 0.833 bits per heavy atom. The number of nitrogens with one attached hydrogen (secondary N) is 1. The minimum absolute atomic E-state index is 0.0604. The molecule has 0 saturated heterocycles. The zero-order valence-corrected chi connectivity index (χ0v) is 17.8. The summed E-state index contributed by atoms with van der Waals surface area (Å²) in [5, 5.41) is 4.43. The molecule has 1 N–H and O–H groups in total. The number of hydrogen-bond donors (Lipinski definition) is 1. The number of hydrazone groups is 1. The molecule has 0 saturated carbocycles. The number of halogens is 1. The normalized spacial score (nSPS) is 10.8. The molecule has 0 unspecified atom stereocenters.